The van der Waals surface area contributed by atoms with Gasteiger partial charge in [0.25, 0.3) is 0 Å². The molecule has 1 aliphatic heterocycles. The summed E-state index contributed by atoms with van der Waals surface area (Å²) in [6.45, 7) is 11.7. The third kappa shape index (κ3) is 7.55. The van der Waals surface area contributed by atoms with Crippen LogP contribution in [0.2, 0.25) is 0 Å². The van der Waals surface area contributed by atoms with E-state index < -0.39 is 0 Å². The molecular formula is C29H34N10. The van der Waals surface area contributed by atoms with Gasteiger partial charge in [-0.15, -0.1) is 13.2 Å². The second kappa shape index (κ2) is 14.1. The molecule has 0 atom stereocenters. The van der Waals surface area contributed by atoms with Crippen molar-refractivity contribution in [2.24, 2.45) is 4.99 Å². The maximum Gasteiger partial charge on any atom is 0.232 e. The number of nitrogens with one attached hydrogen (secondary N) is 3. The number of guanidine groups is 1. The molecule has 200 valence electrons. The Labute approximate surface area is 229 Å². The summed E-state index contributed by atoms with van der Waals surface area (Å²) in [5, 5.41) is 18.6. The van der Waals surface area contributed by atoms with Gasteiger partial charge < -0.3 is 20.4 Å². The molecule has 1 saturated heterocycles. The highest BCUT2D eigenvalue weighted by Crippen LogP contribution is 2.25. The number of anilines is 3. The first kappa shape index (κ1) is 27.1. The molecule has 1 fully saturated rings. The van der Waals surface area contributed by atoms with Crippen LogP contribution < -0.4 is 20.9 Å². The van der Waals surface area contributed by atoms with Crippen molar-refractivity contribution in [1.82, 2.24) is 25.2 Å². The molecule has 4 rings (SSSR count). The van der Waals surface area contributed by atoms with Crippen molar-refractivity contribution in [2.45, 2.75) is 5.92 Å². The van der Waals surface area contributed by atoms with Crippen molar-refractivity contribution in [1.29, 1.82) is 5.26 Å². The number of aromatic nitrogens is 3. The molecular weight excluding hydrogens is 488 g/mol. The van der Waals surface area contributed by atoms with E-state index in [2.05, 4.69) is 84.3 Å². The maximum absolute atomic E-state index is 9.47. The molecule has 0 saturated carbocycles. The van der Waals surface area contributed by atoms with Crippen LogP contribution in [-0.4, -0.2) is 71.6 Å². The van der Waals surface area contributed by atoms with Crippen molar-refractivity contribution in [3.8, 4) is 6.19 Å². The van der Waals surface area contributed by atoms with E-state index in [1.54, 1.807) is 12.2 Å². The van der Waals surface area contributed by atoms with Crippen molar-refractivity contribution in [3.05, 3.63) is 97.1 Å². The lowest BCUT2D eigenvalue weighted by molar-refractivity contribution is 0.373. The molecule has 1 aromatic heterocycles. The largest absolute Gasteiger partial charge is 0.351 e. The number of aliphatic imine (C=N–C) groups is 1. The fraction of sp³-hybridized carbons (Fsp3) is 0.276. The van der Waals surface area contributed by atoms with Gasteiger partial charge in [0.1, 0.15) is 0 Å². The van der Waals surface area contributed by atoms with Crippen LogP contribution in [0.4, 0.5) is 17.8 Å². The van der Waals surface area contributed by atoms with Crippen LogP contribution in [0, 0.1) is 11.5 Å². The van der Waals surface area contributed by atoms with E-state index in [0.717, 1.165) is 0 Å². The number of nitrogens with zero attached hydrogens (tertiary/aromatic N) is 7. The smallest absolute Gasteiger partial charge is 0.232 e. The maximum atomic E-state index is 9.47. The summed E-state index contributed by atoms with van der Waals surface area (Å²) in [5.41, 5.74) is 2.37. The Morgan fingerprint density at radius 2 is 1.41 bits per heavy atom. The Bertz CT molecular complexity index is 1210. The number of hydrogen-bond acceptors (Lipinski definition) is 8. The highest BCUT2D eigenvalue weighted by atomic mass is 15.4. The lowest BCUT2D eigenvalue weighted by atomic mass is 9.91. The second-order valence-electron chi connectivity index (χ2n) is 8.87. The van der Waals surface area contributed by atoms with Crippen LogP contribution in [0.15, 0.2) is 91.0 Å². The normalized spacial score (nSPS) is 13.5. The Balaban J connectivity index is 1.48. The standard InChI is InChI=1S/C29H34N10/c1-3-15-31-26-35-27(32-16-4-2)37-29(36-26)39-19-17-38(18-20-39)28(34-22-30)33-21-25(23-11-7-5-8-12-23)24-13-9-6-10-14-24/h3-14,25H,1-2,15-21H2,(H,33,34)(H2,31,32,35,36,37). The Morgan fingerprint density at radius 1 is 0.872 bits per heavy atom. The molecule has 0 radical (unpaired) electrons. The summed E-state index contributed by atoms with van der Waals surface area (Å²) in [7, 11) is 0. The summed E-state index contributed by atoms with van der Waals surface area (Å²) >= 11 is 0. The molecule has 2 heterocycles. The third-order valence-corrected chi connectivity index (χ3v) is 6.29. The number of nitriles is 1. The molecule has 0 aliphatic carbocycles. The van der Waals surface area contributed by atoms with Gasteiger partial charge in [0.05, 0.1) is 6.54 Å². The van der Waals surface area contributed by atoms with Gasteiger partial charge in [0, 0.05) is 45.2 Å². The van der Waals surface area contributed by atoms with Crippen molar-refractivity contribution in [2.75, 3.05) is 61.3 Å². The van der Waals surface area contributed by atoms with Crippen LogP contribution in [-0.2, 0) is 0 Å². The summed E-state index contributed by atoms with van der Waals surface area (Å²) in [4.78, 5) is 22.7. The zero-order valence-corrected chi connectivity index (χ0v) is 22.0. The van der Waals surface area contributed by atoms with Crippen molar-refractivity contribution < 1.29 is 0 Å². The van der Waals surface area contributed by atoms with Gasteiger partial charge in [-0.25, -0.2) is 0 Å². The third-order valence-electron chi connectivity index (χ3n) is 6.29. The minimum absolute atomic E-state index is 0.0809. The quantitative estimate of drug-likeness (QED) is 0.114. The molecule has 39 heavy (non-hydrogen) atoms. The summed E-state index contributed by atoms with van der Waals surface area (Å²) < 4.78 is 0. The van der Waals surface area contributed by atoms with Crippen LogP contribution >= 0.6 is 0 Å². The predicted octanol–water partition coefficient (Wildman–Crippen LogP) is 3.45. The lowest BCUT2D eigenvalue weighted by Gasteiger charge is -2.36. The molecule has 0 unspecified atom stereocenters. The monoisotopic (exact) mass is 522 g/mol. The average Bonchev–Trinajstić information content (AvgIpc) is 2.99. The van der Waals surface area contributed by atoms with Crippen LogP contribution in [0.25, 0.3) is 0 Å². The van der Waals surface area contributed by atoms with Crippen LogP contribution in [0.3, 0.4) is 0 Å². The second-order valence-corrected chi connectivity index (χ2v) is 8.87. The molecule has 0 amide bonds. The summed E-state index contributed by atoms with van der Waals surface area (Å²) in [5.74, 6) is 2.21. The lowest BCUT2D eigenvalue weighted by Crippen LogP contribution is -2.52. The number of piperazine rings is 1. The van der Waals surface area contributed by atoms with E-state index in [1.165, 1.54) is 11.1 Å². The van der Waals surface area contributed by atoms with Crippen LogP contribution in [0.1, 0.15) is 17.0 Å². The Hall–Kier alpha value is -4.91. The van der Waals surface area contributed by atoms with E-state index in [-0.39, 0.29) is 5.92 Å². The van der Waals surface area contributed by atoms with Gasteiger partial charge in [-0.05, 0) is 11.1 Å². The average molecular weight is 523 g/mol. The predicted molar refractivity (Wildman–Crippen MR) is 157 cm³/mol. The first-order valence-corrected chi connectivity index (χ1v) is 13.0. The fourth-order valence-corrected chi connectivity index (χ4v) is 4.33. The number of hydrogen-bond donors (Lipinski definition) is 3. The molecule has 0 bridgehead atoms. The minimum Gasteiger partial charge on any atom is -0.351 e. The molecule has 3 aromatic rings. The number of rotatable bonds is 11. The van der Waals surface area contributed by atoms with E-state index in [0.29, 0.717) is 69.6 Å². The molecule has 3 N–H and O–H groups in total. The van der Waals surface area contributed by atoms with Gasteiger partial charge in [0.15, 0.2) is 6.19 Å². The Morgan fingerprint density at radius 3 is 1.90 bits per heavy atom. The van der Waals surface area contributed by atoms with Gasteiger partial charge in [-0.2, -0.15) is 20.2 Å². The summed E-state index contributed by atoms with van der Waals surface area (Å²) in [6, 6.07) is 20.7. The topological polar surface area (TPSA) is 117 Å². The van der Waals surface area contributed by atoms with Gasteiger partial charge in [-0.3, -0.25) is 10.3 Å². The molecule has 2 aromatic carbocycles. The van der Waals surface area contributed by atoms with Gasteiger partial charge in [0.2, 0.25) is 23.8 Å². The highest BCUT2D eigenvalue weighted by Gasteiger charge is 2.23. The minimum atomic E-state index is 0.0809. The van der Waals surface area contributed by atoms with E-state index in [1.807, 2.05) is 36.4 Å². The SMILES string of the molecule is C=CCNc1nc(NCC=C)nc(N2CCN(C(=NCC(c3ccccc3)c3ccccc3)NC#N)CC2)n1. The fourth-order valence-electron chi connectivity index (χ4n) is 4.33. The molecule has 0 spiro atoms. The van der Waals surface area contributed by atoms with Crippen molar-refractivity contribution >= 4 is 23.8 Å². The summed E-state index contributed by atoms with van der Waals surface area (Å²) in [6.07, 6.45) is 5.57. The van der Waals surface area contributed by atoms with Gasteiger partial charge >= 0.3 is 0 Å². The molecule has 10 nitrogen and oxygen atoms in total. The van der Waals surface area contributed by atoms with E-state index >= 15 is 0 Å². The van der Waals surface area contributed by atoms with E-state index in [9.17, 15) is 5.26 Å². The number of benzene rings is 2. The van der Waals surface area contributed by atoms with Crippen LogP contribution in [0.5, 0.6) is 0 Å². The van der Waals surface area contributed by atoms with Crippen molar-refractivity contribution in [3.63, 3.8) is 0 Å². The first-order chi connectivity index (χ1) is 19.2. The zero-order valence-electron chi connectivity index (χ0n) is 22.0. The van der Waals surface area contributed by atoms with Gasteiger partial charge in [-0.1, -0.05) is 72.8 Å². The zero-order chi connectivity index (χ0) is 27.3. The highest BCUT2D eigenvalue weighted by molar-refractivity contribution is 5.81. The molecule has 10 heteroatoms. The Kier molecular flexibility index (Phi) is 9.84. The first-order valence-electron chi connectivity index (χ1n) is 13.0. The van der Waals surface area contributed by atoms with E-state index in [4.69, 9.17) is 4.99 Å². The molecule has 1 aliphatic rings.